The zero-order valence-electron chi connectivity index (χ0n) is 13.5. The summed E-state index contributed by atoms with van der Waals surface area (Å²) in [6, 6.07) is 4.18. The highest BCUT2D eigenvalue weighted by molar-refractivity contribution is 5.85. The molecule has 0 aliphatic rings. The standard InChI is InChI=1S/C17H24N2O2/c1-6-17(7-2,16(20)21-8-3)15-18-13-10-11(4)9-12(5)14(13)19-15/h9-10H,6-8H2,1-5H3,(H,18,19). The van der Waals surface area contributed by atoms with E-state index in [2.05, 4.69) is 24.0 Å². The first-order valence-electron chi connectivity index (χ1n) is 7.63. The van der Waals surface area contributed by atoms with Gasteiger partial charge in [-0.2, -0.15) is 0 Å². The predicted molar refractivity (Wildman–Crippen MR) is 84.5 cm³/mol. The van der Waals surface area contributed by atoms with Gasteiger partial charge in [-0.1, -0.05) is 19.9 Å². The van der Waals surface area contributed by atoms with Crippen molar-refractivity contribution in [1.82, 2.24) is 9.97 Å². The van der Waals surface area contributed by atoms with E-state index in [1.165, 1.54) is 5.56 Å². The summed E-state index contributed by atoms with van der Waals surface area (Å²) < 4.78 is 5.29. The fraction of sp³-hybridized carbons (Fsp3) is 0.529. The number of carbonyl (C=O) groups is 1. The van der Waals surface area contributed by atoms with E-state index in [4.69, 9.17) is 9.72 Å². The minimum Gasteiger partial charge on any atom is -0.465 e. The molecular weight excluding hydrogens is 264 g/mol. The van der Waals surface area contributed by atoms with Crippen molar-refractivity contribution in [2.45, 2.75) is 52.9 Å². The van der Waals surface area contributed by atoms with E-state index < -0.39 is 5.41 Å². The number of carbonyl (C=O) groups excluding carboxylic acids is 1. The number of hydrogen-bond acceptors (Lipinski definition) is 3. The number of hydrogen-bond donors (Lipinski definition) is 1. The lowest BCUT2D eigenvalue weighted by Crippen LogP contribution is -2.37. The Morgan fingerprint density at radius 2 is 1.90 bits per heavy atom. The van der Waals surface area contributed by atoms with Gasteiger partial charge in [0.2, 0.25) is 0 Å². The molecule has 1 aromatic carbocycles. The molecule has 2 rings (SSSR count). The summed E-state index contributed by atoms with van der Waals surface area (Å²) in [6.45, 7) is 10.3. The Morgan fingerprint density at radius 1 is 1.24 bits per heavy atom. The van der Waals surface area contributed by atoms with Crippen LogP contribution in [0.4, 0.5) is 0 Å². The van der Waals surface area contributed by atoms with Crippen LogP contribution in [0.3, 0.4) is 0 Å². The van der Waals surface area contributed by atoms with Crippen molar-refractivity contribution >= 4 is 17.0 Å². The molecule has 21 heavy (non-hydrogen) atoms. The van der Waals surface area contributed by atoms with Crippen LogP contribution in [0.2, 0.25) is 0 Å². The van der Waals surface area contributed by atoms with Gasteiger partial charge in [-0.05, 0) is 50.8 Å². The van der Waals surface area contributed by atoms with Crippen LogP contribution in [-0.4, -0.2) is 22.5 Å². The molecule has 4 nitrogen and oxygen atoms in total. The zero-order valence-corrected chi connectivity index (χ0v) is 13.5. The molecule has 114 valence electrons. The number of esters is 1. The summed E-state index contributed by atoms with van der Waals surface area (Å²) in [7, 11) is 0. The van der Waals surface area contributed by atoms with Crippen LogP contribution in [0.25, 0.3) is 11.0 Å². The van der Waals surface area contributed by atoms with Crippen LogP contribution < -0.4 is 0 Å². The summed E-state index contributed by atoms with van der Waals surface area (Å²) in [5.41, 5.74) is 3.54. The van der Waals surface area contributed by atoms with Crippen molar-refractivity contribution in [2.24, 2.45) is 0 Å². The molecular formula is C17H24N2O2. The van der Waals surface area contributed by atoms with Crippen molar-refractivity contribution in [3.8, 4) is 0 Å². The fourth-order valence-corrected chi connectivity index (χ4v) is 2.94. The van der Waals surface area contributed by atoms with Crippen molar-refractivity contribution in [1.29, 1.82) is 0 Å². The van der Waals surface area contributed by atoms with E-state index >= 15 is 0 Å². The largest absolute Gasteiger partial charge is 0.465 e. The van der Waals surface area contributed by atoms with Crippen molar-refractivity contribution in [3.05, 3.63) is 29.1 Å². The van der Waals surface area contributed by atoms with Gasteiger partial charge in [-0.25, -0.2) is 4.98 Å². The maximum Gasteiger partial charge on any atom is 0.319 e. The first-order valence-corrected chi connectivity index (χ1v) is 7.63. The second-order valence-corrected chi connectivity index (χ2v) is 5.57. The first-order chi connectivity index (χ1) is 9.98. The van der Waals surface area contributed by atoms with Crippen molar-refractivity contribution in [3.63, 3.8) is 0 Å². The van der Waals surface area contributed by atoms with Crippen LogP contribution in [0.15, 0.2) is 12.1 Å². The van der Waals surface area contributed by atoms with Crippen LogP contribution in [0.5, 0.6) is 0 Å². The number of nitrogens with zero attached hydrogens (tertiary/aromatic N) is 1. The molecule has 0 amide bonds. The van der Waals surface area contributed by atoms with Gasteiger partial charge in [0.1, 0.15) is 11.2 Å². The molecule has 0 radical (unpaired) electrons. The van der Waals surface area contributed by atoms with Crippen LogP contribution in [0.1, 0.15) is 50.6 Å². The number of nitrogens with one attached hydrogen (secondary N) is 1. The minimum absolute atomic E-state index is 0.191. The number of aromatic amines is 1. The van der Waals surface area contributed by atoms with E-state index in [0.29, 0.717) is 19.4 Å². The Balaban J connectivity index is 2.60. The van der Waals surface area contributed by atoms with Gasteiger partial charge in [0, 0.05) is 0 Å². The molecule has 0 aliphatic heterocycles. The van der Waals surface area contributed by atoms with Crippen LogP contribution in [0, 0.1) is 13.8 Å². The topological polar surface area (TPSA) is 55.0 Å². The zero-order chi connectivity index (χ0) is 15.6. The molecule has 0 saturated heterocycles. The molecule has 1 aromatic heterocycles. The summed E-state index contributed by atoms with van der Waals surface area (Å²) in [5.74, 6) is 0.526. The molecule has 0 fully saturated rings. The fourth-order valence-electron chi connectivity index (χ4n) is 2.94. The number of aryl methyl sites for hydroxylation is 2. The number of ether oxygens (including phenoxy) is 1. The third-order valence-corrected chi connectivity index (χ3v) is 4.25. The lowest BCUT2D eigenvalue weighted by Gasteiger charge is -2.26. The Bertz CT molecular complexity index is 654. The van der Waals surface area contributed by atoms with Crippen molar-refractivity contribution < 1.29 is 9.53 Å². The lowest BCUT2D eigenvalue weighted by molar-refractivity contribution is -0.150. The highest BCUT2D eigenvalue weighted by Gasteiger charge is 2.41. The molecule has 0 bridgehead atoms. The molecule has 1 N–H and O–H groups in total. The van der Waals surface area contributed by atoms with Crippen LogP contribution >= 0.6 is 0 Å². The van der Waals surface area contributed by atoms with Gasteiger partial charge in [-0.3, -0.25) is 4.79 Å². The number of fused-ring (bicyclic) bond motifs is 1. The number of H-pyrrole nitrogens is 1. The van der Waals surface area contributed by atoms with Gasteiger partial charge in [0.05, 0.1) is 17.6 Å². The maximum atomic E-state index is 12.5. The van der Waals surface area contributed by atoms with Gasteiger partial charge in [-0.15, -0.1) is 0 Å². The Hall–Kier alpha value is -1.84. The predicted octanol–water partition coefficient (Wildman–Crippen LogP) is 3.80. The van der Waals surface area contributed by atoms with Gasteiger partial charge in [0.25, 0.3) is 0 Å². The van der Waals surface area contributed by atoms with E-state index in [-0.39, 0.29) is 5.97 Å². The normalized spacial score (nSPS) is 11.9. The van der Waals surface area contributed by atoms with E-state index in [1.807, 2.05) is 27.7 Å². The number of benzene rings is 1. The molecule has 0 unspecified atom stereocenters. The highest BCUT2D eigenvalue weighted by Crippen LogP contribution is 2.33. The average Bonchev–Trinajstić information content (AvgIpc) is 2.85. The van der Waals surface area contributed by atoms with Gasteiger partial charge >= 0.3 is 5.97 Å². The Labute approximate surface area is 125 Å². The third-order valence-electron chi connectivity index (χ3n) is 4.25. The number of rotatable bonds is 5. The van der Waals surface area contributed by atoms with E-state index in [1.54, 1.807) is 0 Å². The Kier molecular flexibility index (Phi) is 4.35. The minimum atomic E-state index is -0.685. The SMILES string of the molecule is CCOC(=O)C(CC)(CC)c1nc2c(C)cc(C)cc2[nH]1. The summed E-state index contributed by atoms with van der Waals surface area (Å²) >= 11 is 0. The van der Waals surface area contributed by atoms with Gasteiger partial charge < -0.3 is 9.72 Å². The maximum absolute atomic E-state index is 12.5. The molecule has 0 saturated carbocycles. The molecule has 1 heterocycles. The van der Waals surface area contributed by atoms with Crippen molar-refractivity contribution in [2.75, 3.05) is 6.61 Å². The van der Waals surface area contributed by atoms with Gasteiger partial charge in [0.15, 0.2) is 0 Å². The quantitative estimate of drug-likeness (QED) is 0.851. The Morgan fingerprint density at radius 3 is 2.48 bits per heavy atom. The summed E-state index contributed by atoms with van der Waals surface area (Å²) in [6.07, 6.45) is 1.33. The molecule has 2 aromatic rings. The number of aromatic nitrogens is 2. The van der Waals surface area contributed by atoms with E-state index in [9.17, 15) is 4.79 Å². The molecule has 0 spiro atoms. The lowest BCUT2D eigenvalue weighted by atomic mass is 9.81. The average molecular weight is 288 g/mol. The highest BCUT2D eigenvalue weighted by atomic mass is 16.5. The molecule has 0 atom stereocenters. The second-order valence-electron chi connectivity index (χ2n) is 5.57. The summed E-state index contributed by atoms with van der Waals surface area (Å²) in [5, 5.41) is 0. The monoisotopic (exact) mass is 288 g/mol. The summed E-state index contributed by atoms with van der Waals surface area (Å²) in [4.78, 5) is 20.5. The number of imidazole rings is 1. The molecule has 0 aliphatic carbocycles. The molecule has 4 heteroatoms. The third kappa shape index (κ3) is 2.55. The van der Waals surface area contributed by atoms with Crippen LogP contribution in [-0.2, 0) is 14.9 Å². The second kappa shape index (κ2) is 5.88. The smallest absolute Gasteiger partial charge is 0.319 e. The first kappa shape index (κ1) is 15.5. The van der Waals surface area contributed by atoms with E-state index in [0.717, 1.165) is 22.4 Å².